The molecule has 0 aliphatic heterocycles. The summed E-state index contributed by atoms with van der Waals surface area (Å²) in [4.78, 5) is 29.0. The van der Waals surface area contributed by atoms with E-state index in [0.717, 1.165) is 22.2 Å². The van der Waals surface area contributed by atoms with Gasteiger partial charge in [0.25, 0.3) is 0 Å². The van der Waals surface area contributed by atoms with Crippen LogP contribution in [0.5, 0.6) is 0 Å². The fraction of sp³-hybridized carbons (Fsp3) is 0.310. The topological polar surface area (TPSA) is 86.8 Å². The van der Waals surface area contributed by atoms with E-state index < -0.39 is 40.2 Å². The van der Waals surface area contributed by atoms with Gasteiger partial charge >= 0.3 is 0 Å². The molecule has 214 valence electrons. The van der Waals surface area contributed by atoms with Gasteiger partial charge in [-0.1, -0.05) is 72.6 Å². The van der Waals surface area contributed by atoms with Gasteiger partial charge in [0.1, 0.15) is 18.4 Å². The second kappa shape index (κ2) is 14.0. The van der Waals surface area contributed by atoms with Crippen LogP contribution in [0.15, 0.2) is 72.8 Å². The molecule has 0 aromatic heterocycles. The van der Waals surface area contributed by atoms with Crippen LogP contribution in [0.25, 0.3) is 0 Å². The van der Waals surface area contributed by atoms with Crippen molar-refractivity contribution in [2.24, 2.45) is 0 Å². The van der Waals surface area contributed by atoms with E-state index in [1.165, 1.54) is 23.1 Å². The van der Waals surface area contributed by atoms with Crippen molar-refractivity contribution in [1.29, 1.82) is 0 Å². The zero-order valence-corrected chi connectivity index (χ0v) is 24.8. The van der Waals surface area contributed by atoms with Crippen LogP contribution in [-0.2, 0) is 32.6 Å². The van der Waals surface area contributed by atoms with Crippen molar-refractivity contribution in [2.75, 3.05) is 17.1 Å². The molecule has 0 bridgehead atoms. The monoisotopic (exact) mass is 607 g/mol. The number of rotatable bonds is 12. The number of hydrogen-bond donors (Lipinski definition) is 1. The molecule has 2 amide bonds. The summed E-state index contributed by atoms with van der Waals surface area (Å²) in [6.45, 7) is 2.94. The second-order valence-electron chi connectivity index (χ2n) is 9.49. The molecule has 0 unspecified atom stereocenters. The van der Waals surface area contributed by atoms with Crippen molar-refractivity contribution in [3.63, 3.8) is 0 Å². The highest BCUT2D eigenvalue weighted by atomic mass is 35.5. The third kappa shape index (κ3) is 8.43. The first-order valence-corrected chi connectivity index (χ1v) is 15.3. The van der Waals surface area contributed by atoms with E-state index in [-0.39, 0.29) is 34.7 Å². The van der Waals surface area contributed by atoms with Gasteiger partial charge in [-0.2, -0.15) is 0 Å². The van der Waals surface area contributed by atoms with Crippen molar-refractivity contribution in [3.05, 3.63) is 99.8 Å². The molecule has 0 saturated heterocycles. The minimum atomic E-state index is -4.01. The molecule has 11 heteroatoms. The molecule has 3 rings (SSSR count). The predicted molar refractivity (Wildman–Crippen MR) is 157 cm³/mol. The van der Waals surface area contributed by atoms with E-state index in [9.17, 15) is 22.4 Å². The summed E-state index contributed by atoms with van der Waals surface area (Å²) < 4.78 is 40.3. The van der Waals surface area contributed by atoms with Crippen LogP contribution in [0.2, 0.25) is 10.0 Å². The van der Waals surface area contributed by atoms with E-state index in [2.05, 4.69) is 5.32 Å². The Morgan fingerprint density at radius 3 is 2.17 bits per heavy atom. The van der Waals surface area contributed by atoms with Crippen molar-refractivity contribution in [1.82, 2.24) is 10.2 Å². The smallest absolute Gasteiger partial charge is 0.244 e. The fourth-order valence-electron chi connectivity index (χ4n) is 4.09. The first-order valence-electron chi connectivity index (χ1n) is 12.7. The summed E-state index contributed by atoms with van der Waals surface area (Å²) in [5.74, 6) is -1.76. The summed E-state index contributed by atoms with van der Waals surface area (Å²) in [6, 6.07) is 17.8. The molecule has 0 aliphatic rings. The van der Waals surface area contributed by atoms with Crippen LogP contribution in [0, 0.1) is 5.82 Å². The molecule has 40 heavy (non-hydrogen) atoms. The number of halogens is 3. The van der Waals surface area contributed by atoms with Gasteiger partial charge in [-0.05, 0) is 49.2 Å². The Hall–Kier alpha value is -3.14. The number of carbonyl (C=O) groups is 2. The lowest BCUT2D eigenvalue weighted by Crippen LogP contribution is -2.54. The van der Waals surface area contributed by atoms with Crippen molar-refractivity contribution < 1.29 is 22.4 Å². The summed E-state index contributed by atoms with van der Waals surface area (Å²) in [6.07, 6.45) is 1.74. The molecule has 2 atom stereocenters. The highest BCUT2D eigenvalue weighted by Gasteiger charge is 2.34. The molecule has 1 N–H and O–H groups in total. The standard InChI is InChI=1S/C29H32Cl2FN3O4S/c1-4-20(2)33-29(37)27(16-21-10-6-5-7-11-21)34(18-24-25(30)14-9-15-26(24)31)28(36)19-35(40(3,38)39)23-13-8-12-22(32)17-23/h5-15,17,20,27H,4,16,18-19H2,1-3H3,(H,33,37)/t20-,27-/m1/s1. The van der Waals surface area contributed by atoms with Crippen molar-refractivity contribution >= 4 is 50.7 Å². The molecule has 0 fully saturated rings. The Morgan fingerprint density at radius 1 is 0.975 bits per heavy atom. The van der Waals surface area contributed by atoms with E-state index in [0.29, 0.717) is 12.0 Å². The average molecular weight is 609 g/mol. The fourth-order valence-corrected chi connectivity index (χ4v) is 5.45. The molecule has 7 nitrogen and oxygen atoms in total. The molecular formula is C29H32Cl2FN3O4S. The Morgan fingerprint density at radius 2 is 1.60 bits per heavy atom. The Labute approximate surface area is 244 Å². The zero-order valence-electron chi connectivity index (χ0n) is 22.5. The van der Waals surface area contributed by atoms with Gasteiger partial charge in [-0.15, -0.1) is 0 Å². The number of nitrogens with one attached hydrogen (secondary N) is 1. The Bertz CT molecular complexity index is 1420. The van der Waals surface area contributed by atoms with Gasteiger partial charge in [0.15, 0.2) is 0 Å². The third-order valence-electron chi connectivity index (χ3n) is 6.44. The van der Waals surface area contributed by atoms with Crippen LogP contribution in [-0.4, -0.2) is 50.0 Å². The van der Waals surface area contributed by atoms with Crippen LogP contribution in [0.1, 0.15) is 31.4 Å². The number of anilines is 1. The van der Waals surface area contributed by atoms with Crippen molar-refractivity contribution in [3.8, 4) is 0 Å². The quantitative estimate of drug-likeness (QED) is 0.296. The van der Waals surface area contributed by atoms with Crippen LogP contribution >= 0.6 is 23.2 Å². The average Bonchev–Trinajstić information content (AvgIpc) is 2.90. The third-order valence-corrected chi connectivity index (χ3v) is 8.29. The zero-order chi connectivity index (χ0) is 29.4. The van der Waals surface area contributed by atoms with Gasteiger partial charge in [0.2, 0.25) is 21.8 Å². The van der Waals surface area contributed by atoms with Gasteiger partial charge < -0.3 is 10.2 Å². The molecule has 0 aliphatic carbocycles. The van der Waals surface area contributed by atoms with Crippen molar-refractivity contribution in [2.45, 2.75) is 45.3 Å². The molecule has 3 aromatic rings. The summed E-state index contributed by atoms with van der Waals surface area (Å²) in [5, 5.41) is 3.52. The van der Waals surface area contributed by atoms with Crippen LogP contribution in [0.3, 0.4) is 0 Å². The molecule has 0 radical (unpaired) electrons. The highest BCUT2D eigenvalue weighted by Crippen LogP contribution is 2.28. The number of benzene rings is 3. The first kappa shape index (κ1) is 31.4. The summed E-state index contributed by atoms with van der Waals surface area (Å²) in [7, 11) is -4.01. The maximum atomic E-state index is 14.0. The lowest BCUT2D eigenvalue weighted by molar-refractivity contribution is -0.140. The minimum absolute atomic E-state index is 0.0183. The van der Waals surface area contributed by atoms with Crippen LogP contribution in [0.4, 0.5) is 10.1 Å². The predicted octanol–water partition coefficient (Wildman–Crippen LogP) is 5.45. The van der Waals surface area contributed by atoms with Gasteiger partial charge in [0, 0.05) is 34.6 Å². The maximum absolute atomic E-state index is 14.0. The summed E-state index contributed by atoms with van der Waals surface area (Å²) in [5.41, 5.74) is 1.18. The number of amides is 2. The van der Waals surface area contributed by atoms with E-state index in [1.807, 2.05) is 44.2 Å². The largest absolute Gasteiger partial charge is 0.352 e. The summed E-state index contributed by atoms with van der Waals surface area (Å²) >= 11 is 12.9. The number of nitrogens with zero attached hydrogens (tertiary/aromatic N) is 2. The lowest BCUT2D eigenvalue weighted by atomic mass is 10.0. The first-order chi connectivity index (χ1) is 18.9. The molecule has 3 aromatic carbocycles. The highest BCUT2D eigenvalue weighted by molar-refractivity contribution is 7.92. The minimum Gasteiger partial charge on any atom is -0.352 e. The van der Waals surface area contributed by atoms with E-state index >= 15 is 0 Å². The Balaban J connectivity index is 2.11. The number of hydrogen-bond acceptors (Lipinski definition) is 4. The Kier molecular flexibility index (Phi) is 11.0. The molecule has 0 spiro atoms. The molecule has 0 heterocycles. The van der Waals surface area contributed by atoms with E-state index in [1.54, 1.807) is 18.2 Å². The molecular weight excluding hydrogens is 576 g/mol. The lowest BCUT2D eigenvalue weighted by Gasteiger charge is -2.34. The SMILES string of the molecule is CC[C@@H](C)NC(=O)[C@@H](Cc1ccccc1)N(Cc1c(Cl)cccc1Cl)C(=O)CN(c1cccc(F)c1)S(C)(=O)=O. The van der Waals surface area contributed by atoms with Gasteiger partial charge in [-0.25, -0.2) is 12.8 Å². The second-order valence-corrected chi connectivity index (χ2v) is 12.2. The van der Waals surface area contributed by atoms with Crippen LogP contribution < -0.4 is 9.62 Å². The molecule has 0 saturated carbocycles. The number of carbonyl (C=O) groups excluding carboxylic acids is 2. The van der Waals surface area contributed by atoms with Gasteiger partial charge in [-0.3, -0.25) is 13.9 Å². The maximum Gasteiger partial charge on any atom is 0.244 e. The van der Waals surface area contributed by atoms with Gasteiger partial charge in [0.05, 0.1) is 11.9 Å². The van der Waals surface area contributed by atoms with E-state index in [4.69, 9.17) is 23.2 Å². The number of sulfonamides is 1. The normalized spacial score (nSPS) is 12.8.